The number of hydrogen-bond donors (Lipinski definition) is 0. The topological polar surface area (TPSA) is 56.7 Å². The molecule has 3 aromatic heterocycles. The lowest BCUT2D eigenvalue weighted by Crippen LogP contribution is -2.74. The van der Waals surface area contributed by atoms with Gasteiger partial charge in [-0.1, -0.05) is 194 Å². The molecule has 6 heteroatoms. The van der Waals surface area contributed by atoms with Crippen molar-refractivity contribution in [3.8, 4) is 39.9 Å². The summed E-state index contributed by atoms with van der Waals surface area (Å²) in [5.41, 5.74) is 7.39. The monoisotopic (exact) mass is 822 g/mol. The fourth-order valence-electron chi connectivity index (χ4n) is 9.66. The summed E-state index contributed by atoms with van der Waals surface area (Å²) in [4.78, 5) is 16.2. The van der Waals surface area contributed by atoms with Gasteiger partial charge >= 0.3 is 0 Å². The quantitative estimate of drug-likeness (QED) is 0.113. The minimum atomic E-state index is -2.86. The average molecular weight is 823 g/mol. The number of fused-ring (bicyclic) bond motifs is 6. The van der Waals surface area contributed by atoms with Crippen LogP contribution in [0.1, 0.15) is 0 Å². The molecule has 0 bridgehead atoms. The van der Waals surface area contributed by atoms with Crippen molar-refractivity contribution in [2.75, 3.05) is 0 Å². The number of aromatic nitrogens is 4. The van der Waals surface area contributed by atoms with Crippen molar-refractivity contribution >= 4 is 72.6 Å². The molecule has 0 atom stereocenters. The third-order valence-electron chi connectivity index (χ3n) is 12.4. The highest BCUT2D eigenvalue weighted by Gasteiger charge is 2.41. The van der Waals surface area contributed by atoms with Gasteiger partial charge in [0.05, 0.1) is 22.3 Å². The van der Waals surface area contributed by atoms with Crippen molar-refractivity contribution in [1.29, 1.82) is 0 Å². The maximum Gasteiger partial charge on any atom is 0.179 e. The normalized spacial score (nSPS) is 11.8. The van der Waals surface area contributed by atoms with Gasteiger partial charge < -0.3 is 8.98 Å². The van der Waals surface area contributed by atoms with Crippen LogP contribution in [0.3, 0.4) is 0 Å². The molecule has 0 aliphatic carbocycles. The van der Waals surface area contributed by atoms with Crippen LogP contribution in [-0.4, -0.2) is 27.6 Å². The van der Waals surface area contributed by atoms with Crippen molar-refractivity contribution in [3.05, 3.63) is 231 Å². The van der Waals surface area contributed by atoms with Gasteiger partial charge in [-0.2, -0.15) is 0 Å². The van der Waals surface area contributed by atoms with Crippen LogP contribution in [0, 0.1) is 0 Å². The van der Waals surface area contributed by atoms with E-state index < -0.39 is 8.07 Å². The number of para-hydroxylation sites is 5. The number of rotatable bonds is 8. The van der Waals surface area contributed by atoms with E-state index in [1.54, 1.807) is 0 Å². The van der Waals surface area contributed by atoms with E-state index in [9.17, 15) is 0 Å². The molecule has 12 aromatic rings. The predicted molar refractivity (Wildman–Crippen MR) is 261 cm³/mol. The summed E-state index contributed by atoms with van der Waals surface area (Å²) < 4.78 is 8.96. The van der Waals surface area contributed by atoms with Gasteiger partial charge in [0.1, 0.15) is 11.2 Å². The zero-order valence-electron chi connectivity index (χ0n) is 34.1. The molecule has 0 fully saturated rings. The second-order valence-electron chi connectivity index (χ2n) is 15.9. The second-order valence-corrected chi connectivity index (χ2v) is 19.7. The van der Waals surface area contributed by atoms with Crippen molar-refractivity contribution in [1.82, 2.24) is 19.5 Å². The van der Waals surface area contributed by atoms with Crippen molar-refractivity contribution < 1.29 is 4.42 Å². The maximum absolute atomic E-state index is 6.62. The Balaban J connectivity index is 1.13. The molecule has 296 valence electrons. The van der Waals surface area contributed by atoms with Gasteiger partial charge in [0.2, 0.25) is 0 Å². The van der Waals surface area contributed by atoms with Crippen molar-refractivity contribution in [2.45, 2.75) is 0 Å². The first-order valence-electron chi connectivity index (χ1n) is 21.3. The summed E-state index contributed by atoms with van der Waals surface area (Å²) >= 11 is 0. The molecule has 0 aliphatic rings. The summed E-state index contributed by atoms with van der Waals surface area (Å²) in [5, 5.41) is 9.58. The van der Waals surface area contributed by atoms with E-state index in [2.05, 4.69) is 217 Å². The minimum Gasteiger partial charge on any atom is -0.455 e. The van der Waals surface area contributed by atoms with E-state index in [4.69, 9.17) is 19.4 Å². The minimum absolute atomic E-state index is 0.541. The Bertz CT molecular complexity index is 3490. The fourth-order valence-corrected chi connectivity index (χ4v) is 14.5. The molecule has 12 rings (SSSR count). The molecule has 0 spiro atoms. The molecule has 3 heterocycles. The van der Waals surface area contributed by atoms with Crippen LogP contribution >= 0.6 is 0 Å². The molecule has 0 unspecified atom stereocenters. The Morgan fingerprint density at radius 2 is 0.810 bits per heavy atom. The highest BCUT2D eigenvalue weighted by atomic mass is 28.3. The highest BCUT2D eigenvalue weighted by molar-refractivity contribution is 7.19. The smallest absolute Gasteiger partial charge is 0.179 e. The summed E-state index contributed by atoms with van der Waals surface area (Å²) in [6, 6.07) is 81.9. The van der Waals surface area contributed by atoms with E-state index in [-0.39, 0.29) is 0 Å². The number of nitrogens with zero attached hydrogens (tertiary/aromatic N) is 4. The summed E-state index contributed by atoms with van der Waals surface area (Å²) in [6.07, 6.45) is 0. The van der Waals surface area contributed by atoms with Crippen LogP contribution in [0.25, 0.3) is 83.6 Å². The van der Waals surface area contributed by atoms with E-state index in [0.717, 1.165) is 55.3 Å². The number of benzene rings is 9. The summed E-state index contributed by atoms with van der Waals surface area (Å²) in [7, 11) is -2.86. The Morgan fingerprint density at radius 1 is 0.349 bits per heavy atom. The molecule has 5 nitrogen and oxygen atoms in total. The lowest BCUT2D eigenvalue weighted by atomic mass is 10.1. The molecule has 0 radical (unpaired) electrons. The zero-order chi connectivity index (χ0) is 41.7. The molecule has 0 N–H and O–H groups in total. The van der Waals surface area contributed by atoms with Gasteiger partial charge in [-0.15, -0.1) is 0 Å². The van der Waals surface area contributed by atoms with Crippen LogP contribution in [0.4, 0.5) is 0 Å². The molecular weight excluding hydrogens is 785 g/mol. The first-order chi connectivity index (χ1) is 31.3. The average Bonchev–Trinajstić information content (AvgIpc) is 3.91. The molecular formula is C57H38N4OSi. The largest absolute Gasteiger partial charge is 0.455 e. The molecule has 9 aromatic carbocycles. The Labute approximate surface area is 365 Å². The lowest BCUT2D eigenvalue weighted by Gasteiger charge is -2.34. The van der Waals surface area contributed by atoms with Crippen LogP contribution in [0.5, 0.6) is 0 Å². The van der Waals surface area contributed by atoms with Gasteiger partial charge in [-0.05, 0) is 57.1 Å². The van der Waals surface area contributed by atoms with Crippen LogP contribution < -0.4 is 20.7 Å². The highest BCUT2D eigenvalue weighted by Crippen LogP contribution is 2.38. The zero-order valence-corrected chi connectivity index (χ0v) is 35.1. The first-order valence-corrected chi connectivity index (χ1v) is 23.3. The van der Waals surface area contributed by atoms with E-state index in [1.807, 2.05) is 18.2 Å². The van der Waals surface area contributed by atoms with Crippen LogP contribution in [0.15, 0.2) is 235 Å². The van der Waals surface area contributed by atoms with E-state index in [0.29, 0.717) is 17.5 Å². The third kappa shape index (κ3) is 5.95. The maximum atomic E-state index is 6.62. The van der Waals surface area contributed by atoms with E-state index >= 15 is 0 Å². The molecule has 0 saturated carbocycles. The van der Waals surface area contributed by atoms with Crippen LogP contribution in [-0.2, 0) is 0 Å². The summed E-state index contributed by atoms with van der Waals surface area (Å²) in [6.45, 7) is 0. The van der Waals surface area contributed by atoms with Crippen molar-refractivity contribution in [3.63, 3.8) is 0 Å². The first kappa shape index (κ1) is 36.6. The van der Waals surface area contributed by atoms with Gasteiger partial charge in [-0.3, -0.25) is 0 Å². The standard InChI is InChI=1S/C57H38N4OSi/c1-4-21-40(22-5-1)63(41-23-6-2-7-24-41,42-25-8-3-9-26-42)43-27-18-20-39(38-43)55-58-56(60-57(59-55)49-33-19-32-47-46-30-13-17-37-53(46)62-54(47)49)48-31-12-16-36-52(48)61-50-34-14-10-28-44(50)45-29-11-15-35-51(45)61/h1-38H. The number of furan rings is 1. The molecule has 63 heavy (non-hydrogen) atoms. The van der Waals surface area contributed by atoms with Gasteiger partial charge in [-0.25, -0.2) is 15.0 Å². The lowest BCUT2D eigenvalue weighted by molar-refractivity contribution is 0.669. The van der Waals surface area contributed by atoms with E-state index in [1.165, 1.54) is 31.5 Å². The van der Waals surface area contributed by atoms with Crippen LogP contribution in [0.2, 0.25) is 0 Å². The molecule has 0 amide bonds. The Hall–Kier alpha value is -8.19. The molecule has 0 saturated heterocycles. The van der Waals surface area contributed by atoms with Gasteiger partial charge in [0, 0.05) is 32.7 Å². The Morgan fingerprint density at radius 3 is 1.46 bits per heavy atom. The predicted octanol–water partition coefficient (Wildman–Crippen LogP) is 11.2. The third-order valence-corrected chi connectivity index (χ3v) is 17.2. The SMILES string of the molecule is c1ccc([Si](c2ccccc2)(c2ccccc2)c2cccc(-c3nc(-c4ccccc4-n4c5ccccc5c5ccccc54)nc(-c4cccc5c4oc4ccccc45)n3)c2)cc1. The van der Waals surface area contributed by atoms with Gasteiger partial charge in [0.25, 0.3) is 0 Å². The Kier molecular flexibility index (Phi) is 8.76. The summed E-state index contributed by atoms with van der Waals surface area (Å²) in [5.74, 6) is 1.70. The fraction of sp³-hybridized carbons (Fsp3) is 0. The molecule has 0 aliphatic heterocycles. The number of hydrogen-bond acceptors (Lipinski definition) is 4. The second kappa shape index (κ2) is 15.1. The van der Waals surface area contributed by atoms with Gasteiger partial charge in [0.15, 0.2) is 25.5 Å². The van der Waals surface area contributed by atoms with Crippen molar-refractivity contribution in [2.24, 2.45) is 0 Å².